The summed E-state index contributed by atoms with van der Waals surface area (Å²) in [4.78, 5) is 8.81. The summed E-state index contributed by atoms with van der Waals surface area (Å²) in [5, 5.41) is 37.9. The largest absolute Gasteiger partial charge is 0.481 e. The van der Waals surface area contributed by atoms with Crippen LogP contribution in [0.15, 0.2) is 55.0 Å². The highest BCUT2D eigenvalue weighted by atomic mass is 19.1. The molecule has 2 N–H and O–H groups in total. The van der Waals surface area contributed by atoms with Gasteiger partial charge in [-0.3, -0.25) is 4.98 Å². The molecular weight excluding hydrogens is 545 g/mol. The molecule has 218 valence electrons. The Hall–Kier alpha value is -5.29. The highest BCUT2D eigenvalue weighted by Crippen LogP contribution is 2.37. The molecule has 0 radical (unpaired) electrons. The van der Waals surface area contributed by atoms with Crippen LogP contribution in [0, 0.1) is 28.1 Å². The topological polar surface area (TPSA) is 137 Å². The monoisotopic (exact) mass is 577 g/mol. The van der Waals surface area contributed by atoms with E-state index in [0.717, 1.165) is 16.3 Å². The van der Waals surface area contributed by atoms with Gasteiger partial charge in [-0.05, 0) is 47.6 Å². The maximum absolute atomic E-state index is 13.5. The number of pyridine rings is 2. The molecule has 5 rings (SSSR count). The number of nitriles is 2. The third kappa shape index (κ3) is 5.88. The smallest absolute Gasteiger partial charge is 0.221 e. The number of methoxy groups -OCH3 is 1. The van der Waals surface area contributed by atoms with Crippen LogP contribution in [0.2, 0.25) is 0 Å². The number of rotatable bonds is 9. The Labute approximate surface area is 249 Å². The highest BCUT2D eigenvalue weighted by molar-refractivity contribution is 5.99. The van der Waals surface area contributed by atoms with E-state index in [9.17, 15) is 14.9 Å². The van der Waals surface area contributed by atoms with Gasteiger partial charge in [0.1, 0.15) is 24.5 Å². The summed E-state index contributed by atoms with van der Waals surface area (Å²) >= 11 is 0. The molecule has 11 heteroatoms. The van der Waals surface area contributed by atoms with Gasteiger partial charge in [0.25, 0.3) is 0 Å². The standard InChI is InChI=1S/C32H32FN9O/c1-19(13-33)42-17-27(40-41-42)30(24-7-6-8-25-23(24)9-10-36-31(25)43-5)39-22-11-20(14-34)28-26(12-22)29(21(15-35)16-37-28)38-18-32(2,3)4/h6-12,16-17,19,30,39H,13,18H2,1-5H3,(H,37,38). The molecule has 0 bridgehead atoms. The summed E-state index contributed by atoms with van der Waals surface area (Å²) in [5.41, 5.74) is 3.78. The SMILES string of the molecule is COc1nccc2c(C(Nc3cc(C#N)c4ncc(C#N)c(NCC(C)(C)C)c4c3)c3cn(C(C)CF)nn3)cccc12. The van der Waals surface area contributed by atoms with Crippen molar-refractivity contribution in [1.29, 1.82) is 10.5 Å². The molecule has 0 saturated heterocycles. The number of nitrogens with one attached hydrogen (secondary N) is 2. The number of ether oxygens (including phenoxy) is 1. The summed E-state index contributed by atoms with van der Waals surface area (Å²) in [6.07, 6.45) is 4.89. The maximum Gasteiger partial charge on any atom is 0.221 e. The number of fused-ring (bicyclic) bond motifs is 2. The molecule has 2 atom stereocenters. The first-order valence-corrected chi connectivity index (χ1v) is 13.8. The number of halogens is 1. The van der Waals surface area contributed by atoms with Crippen molar-refractivity contribution in [2.75, 3.05) is 31.0 Å². The molecule has 0 aliphatic rings. The average Bonchev–Trinajstić information content (AvgIpc) is 3.50. The van der Waals surface area contributed by atoms with Gasteiger partial charge in [-0.1, -0.05) is 38.1 Å². The fourth-order valence-electron chi connectivity index (χ4n) is 4.91. The van der Waals surface area contributed by atoms with Crippen molar-refractivity contribution in [3.8, 4) is 18.0 Å². The second kappa shape index (κ2) is 11.9. The molecule has 0 aliphatic heterocycles. The molecule has 2 unspecified atom stereocenters. The Morgan fingerprint density at radius 1 is 1.05 bits per heavy atom. The van der Waals surface area contributed by atoms with Crippen molar-refractivity contribution in [2.24, 2.45) is 5.41 Å². The third-order valence-corrected chi connectivity index (χ3v) is 7.13. The van der Waals surface area contributed by atoms with Crippen LogP contribution < -0.4 is 15.4 Å². The van der Waals surface area contributed by atoms with Crippen molar-refractivity contribution in [3.05, 3.63) is 77.4 Å². The van der Waals surface area contributed by atoms with Crippen LogP contribution in [0.25, 0.3) is 21.7 Å². The van der Waals surface area contributed by atoms with Gasteiger partial charge < -0.3 is 15.4 Å². The number of hydrogen-bond donors (Lipinski definition) is 2. The Morgan fingerprint density at radius 3 is 2.53 bits per heavy atom. The van der Waals surface area contributed by atoms with Crippen molar-refractivity contribution in [3.63, 3.8) is 0 Å². The van der Waals surface area contributed by atoms with E-state index in [1.54, 1.807) is 32.5 Å². The highest BCUT2D eigenvalue weighted by Gasteiger charge is 2.24. The van der Waals surface area contributed by atoms with Crippen molar-refractivity contribution in [2.45, 2.75) is 39.8 Å². The van der Waals surface area contributed by atoms with Gasteiger partial charge in [0.15, 0.2) is 0 Å². The summed E-state index contributed by atoms with van der Waals surface area (Å²) in [6.45, 7) is 8.03. The predicted molar refractivity (Wildman–Crippen MR) is 164 cm³/mol. The molecule has 0 saturated carbocycles. The lowest BCUT2D eigenvalue weighted by Gasteiger charge is -2.23. The average molecular weight is 578 g/mol. The van der Waals surface area contributed by atoms with Crippen LogP contribution in [-0.2, 0) is 0 Å². The Balaban J connectivity index is 1.70. The number of anilines is 2. The van der Waals surface area contributed by atoms with E-state index >= 15 is 0 Å². The summed E-state index contributed by atoms with van der Waals surface area (Å²) in [5.74, 6) is 0.481. The Morgan fingerprint density at radius 2 is 1.84 bits per heavy atom. The van der Waals surface area contributed by atoms with E-state index in [1.165, 1.54) is 10.9 Å². The Kier molecular flexibility index (Phi) is 8.09. The van der Waals surface area contributed by atoms with Gasteiger partial charge in [-0.2, -0.15) is 10.5 Å². The zero-order valence-corrected chi connectivity index (χ0v) is 24.7. The second-order valence-corrected chi connectivity index (χ2v) is 11.6. The van der Waals surface area contributed by atoms with Gasteiger partial charge in [-0.25, -0.2) is 14.1 Å². The molecule has 0 spiro atoms. The normalized spacial score (nSPS) is 12.8. The molecule has 43 heavy (non-hydrogen) atoms. The molecule has 5 aromatic rings. The van der Waals surface area contributed by atoms with Crippen molar-refractivity contribution in [1.82, 2.24) is 25.0 Å². The number of hydrogen-bond acceptors (Lipinski definition) is 9. The minimum absolute atomic E-state index is 0.0613. The lowest BCUT2D eigenvalue weighted by atomic mass is 9.96. The molecule has 0 aliphatic carbocycles. The molecule has 0 fully saturated rings. The number of benzene rings is 2. The van der Waals surface area contributed by atoms with Crippen LogP contribution in [0.5, 0.6) is 5.88 Å². The van der Waals surface area contributed by atoms with E-state index in [2.05, 4.69) is 63.8 Å². The van der Waals surface area contributed by atoms with Gasteiger partial charge in [0.2, 0.25) is 5.88 Å². The van der Waals surface area contributed by atoms with E-state index in [4.69, 9.17) is 4.74 Å². The molecule has 3 heterocycles. The number of aromatic nitrogens is 5. The Bertz CT molecular complexity index is 1880. The molecular formula is C32H32FN9O. The summed E-state index contributed by atoms with van der Waals surface area (Å²) in [7, 11) is 1.57. The van der Waals surface area contributed by atoms with Crippen molar-refractivity contribution < 1.29 is 9.13 Å². The minimum atomic E-state index is -0.590. The predicted octanol–water partition coefficient (Wildman–Crippen LogP) is 6.32. The van der Waals surface area contributed by atoms with E-state index in [1.807, 2.05) is 30.3 Å². The zero-order chi connectivity index (χ0) is 30.7. The summed E-state index contributed by atoms with van der Waals surface area (Å²) < 4.78 is 20.5. The first-order chi connectivity index (χ1) is 20.7. The van der Waals surface area contributed by atoms with E-state index in [0.29, 0.717) is 51.5 Å². The summed E-state index contributed by atoms with van der Waals surface area (Å²) in [6, 6.07) is 14.7. The quantitative estimate of drug-likeness (QED) is 0.206. The number of nitrogens with zero attached hydrogens (tertiary/aromatic N) is 7. The zero-order valence-electron chi connectivity index (χ0n) is 24.7. The third-order valence-electron chi connectivity index (χ3n) is 7.13. The van der Waals surface area contributed by atoms with Gasteiger partial charge >= 0.3 is 0 Å². The molecule has 10 nitrogen and oxygen atoms in total. The number of alkyl halides is 1. The van der Waals surface area contributed by atoms with Crippen LogP contribution in [-0.4, -0.2) is 45.3 Å². The lowest BCUT2D eigenvalue weighted by molar-refractivity contribution is 0.351. The van der Waals surface area contributed by atoms with E-state index < -0.39 is 18.8 Å². The fraction of sp³-hybridized carbons (Fsp3) is 0.312. The van der Waals surface area contributed by atoms with Gasteiger partial charge in [0.05, 0.1) is 47.7 Å². The van der Waals surface area contributed by atoms with Crippen LogP contribution in [0.1, 0.15) is 62.2 Å². The van der Waals surface area contributed by atoms with Crippen LogP contribution >= 0.6 is 0 Å². The van der Waals surface area contributed by atoms with Gasteiger partial charge in [-0.15, -0.1) is 5.10 Å². The lowest BCUT2D eigenvalue weighted by Crippen LogP contribution is -2.20. The van der Waals surface area contributed by atoms with Gasteiger partial charge in [0, 0.05) is 35.4 Å². The molecule has 2 aromatic carbocycles. The first-order valence-electron chi connectivity index (χ1n) is 13.8. The van der Waals surface area contributed by atoms with Crippen LogP contribution in [0.3, 0.4) is 0 Å². The molecule has 0 amide bonds. The maximum atomic E-state index is 13.5. The van der Waals surface area contributed by atoms with Crippen molar-refractivity contribution >= 4 is 33.1 Å². The minimum Gasteiger partial charge on any atom is -0.481 e. The second-order valence-electron chi connectivity index (χ2n) is 11.6. The van der Waals surface area contributed by atoms with E-state index in [-0.39, 0.29) is 5.41 Å². The van der Waals surface area contributed by atoms with Crippen LogP contribution in [0.4, 0.5) is 15.8 Å². The first kappa shape index (κ1) is 29.2. The fourth-order valence-corrected chi connectivity index (χ4v) is 4.91. The molecule has 3 aromatic heterocycles.